The molecule has 9 nitrogen and oxygen atoms in total. The van der Waals surface area contributed by atoms with Gasteiger partial charge in [-0.1, -0.05) is 269 Å². The van der Waals surface area contributed by atoms with Crippen LogP contribution >= 0.6 is 7.82 Å². The second-order valence-electron chi connectivity index (χ2n) is 24.0. The van der Waals surface area contributed by atoms with Crippen molar-refractivity contribution in [2.45, 2.75) is 341 Å². The summed E-state index contributed by atoms with van der Waals surface area (Å²) in [6.45, 7) is 6.86. The zero-order valence-electron chi connectivity index (χ0n) is 51.9. The summed E-state index contributed by atoms with van der Waals surface area (Å²) in [5.74, 6) is -0.545. The maximum atomic E-state index is 13.6. The monoisotopic (exact) mass is 1100 g/mol. The van der Waals surface area contributed by atoms with Crippen LogP contribution in [0.15, 0.2) is 36.5 Å². The Hall–Kier alpha value is -1.77. The Morgan fingerprint density at radius 2 is 0.753 bits per heavy atom. The fourth-order valence-corrected chi connectivity index (χ4v) is 10.6. The van der Waals surface area contributed by atoms with Crippen molar-refractivity contribution in [3.8, 4) is 0 Å². The van der Waals surface area contributed by atoms with Gasteiger partial charge in [0.05, 0.1) is 33.8 Å². The van der Waals surface area contributed by atoms with E-state index in [9.17, 15) is 19.0 Å². The van der Waals surface area contributed by atoms with Crippen molar-refractivity contribution in [3.05, 3.63) is 36.5 Å². The number of unbranched alkanes of at least 4 members (excludes halogenated alkanes) is 41. The molecule has 10 heteroatoms. The molecule has 0 spiro atoms. The van der Waals surface area contributed by atoms with Crippen molar-refractivity contribution in [2.75, 3.05) is 40.9 Å². The van der Waals surface area contributed by atoms with Gasteiger partial charge in [-0.2, -0.15) is 0 Å². The molecule has 0 aromatic heterocycles. The van der Waals surface area contributed by atoms with Crippen LogP contribution in [0.4, 0.5) is 0 Å². The number of nitrogens with one attached hydrogen (secondary N) is 1. The molecule has 0 aliphatic rings. The highest BCUT2D eigenvalue weighted by Crippen LogP contribution is 2.38. The summed E-state index contributed by atoms with van der Waals surface area (Å²) in [7, 11) is 1.19. The Morgan fingerprint density at radius 3 is 1.12 bits per heavy atom. The van der Waals surface area contributed by atoms with Gasteiger partial charge in [0.1, 0.15) is 19.3 Å². The van der Waals surface area contributed by atoms with E-state index in [1.807, 2.05) is 33.3 Å². The molecule has 3 unspecified atom stereocenters. The van der Waals surface area contributed by atoms with Gasteiger partial charge in [-0.15, -0.1) is 0 Å². The number of phosphoric ester groups is 1. The van der Waals surface area contributed by atoms with Crippen LogP contribution in [-0.4, -0.2) is 69.4 Å². The fourth-order valence-electron chi connectivity index (χ4n) is 9.87. The topological polar surface area (TPSA) is 114 Å². The van der Waals surface area contributed by atoms with Crippen LogP contribution < -0.4 is 10.2 Å². The van der Waals surface area contributed by atoms with Crippen LogP contribution in [0, 0.1) is 0 Å². The summed E-state index contributed by atoms with van der Waals surface area (Å²) in [4.78, 5) is 40.0. The molecule has 0 saturated heterocycles. The molecule has 0 aromatic carbocycles. The molecule has 1 N–H and O–H groups in total. The molecule has 0 bridgehead atoms. The number of esters is 1. The van der Waals surface area contributed by atoms with E-state index in [0.29, 0.717) is 23.9 Å². The van der Waals surface area contributed by atoms with Gasteiger partial charge in [0, 0.05) is 12.8 Å². The third-order valence-electron chi connectivity index (χ3n) is 15.0. The number of ether oxygens (including phenoxy) is 1. The molecular weight excluding hydrogens is 976 g/mol. The first kappa shape index (κ1) is 75.2. The lowest BCUT2D eigenvalue weighted by Crippen LogP contribution is -2.47. The van der Waals surface area contributed by atoms with Gasteiger partial charge in [-0.05, 0) is 83.1 Å². The highest BCUT2D eigenvalue weighted by molar-refractivity contribution is 7.45. The number of allylic oxidation sites excluding steroid dienone is 5. The number of hydrogen-bond donors (Lipinski definition) is 1. The molecule has 0 fully saturated rings. The lowest BCUT2D eigenvalue weighted by atomic mass is 10.0. The third-order valence-corrected chi connectivity index (χ3v) is 16.0. The molecule has 1 amide bonds. The molecule has 0 aliphatic heterocycles. The number of quaternary nitrogens is 1. The van der Waals surface area contributed by atoms with Crippen LogP contribution in [0.3, 0.4) is 0 Å². The Kier molecular flexibility index (Phi) is 56.1. The minimum atomic E-state index is -4.70. The van der Waals surface area contributed by atoms with Gasteiger partial charge < -0.3 is 28.5 Å². The quantitative estimate of drug-likeness (QED) is 0.0212. The molecule has 0 saturated carbocycles. The van der Waals surface area contributed by atoms with E-state index in [4.69, 9.17) is 13.8 Å². The third kappa shape index (κ3) is 58.7. The zero-order chi connectivity index (χ0) is 56.4. The first-order chi connectivity index (χ1) is 37.4. The average molecular weight is 1110 g/mol. The minimum absolute atomic E-state index is 0.0222. The fraction of sp³-hybridized carbons (Fsp3) is 0.881. The van der Waals surface area contributed by atoms with E-state index >= 15 is 0 Å². The average Bonchev–Trinajstić information content (AvgIpc) is 3.39. The highest BCUT2D eigenvalue weighted by Gasteiger charge is 2.27. The Bertz CT molecular complexity index is 1410. The van der Waals surface area contributed by atoms with Crippen molar-refractivity contribution in [1.82, 2.24) is 5.32 Å². The number of rotatable bonds is 61. The number of amides is 1. The molecule has 454 valence electrons. The van der Waals surface area contributed by atoms with Gasteiger partial charge in [0.2, 0.25) is 5.91 Å². The maximum absolute atomic E-state index is 13.6. The molecule has 0 rings (SSSR count). The van der Waals surface area contributed by atoms with E-state index in [1.165, 1.54) is 225 Å². The lowest BCUT2D eigenvalue weighted by Gasteiger charge is -2.30. The molecule has 0 aliphatic carbocycles. The van der Waals surface area contributed by atoms with Gasteiger partial charge in [0.25, 0.3) is 7.82 Å². The Morgan fingerprint density at radius 1 is 0.442 bits per heavy atom. The van der Waals surface area contributed by atoms with E-state index in [-0.39, 0.29) is 31.5 Å². The highest BCUT2D eigenvalue weighted by atomic mass is 31.2. The van der Waals surface area contributed by atoms with Crippen LogP contribution in [0.5, 0.6) is 0 Å². The maximum Gasteiger partial charge on any atom is 0.306 e. The summed E-state index contributed by atoms with van der Waals surface area (Å²) in [6.07, 6.45) is 69.8. The predicted octanol–water partition coefficient (Wildman–Crippen LogP) is 20.0. The first-order valence-electron chi connectivity index (χ1n) is 33.3. The number of carbonyl (C=O) groups excluding carboxylic acids is 2. The van der Waals surface area contributed by atoms with Crippen molar-refractivity contribution in [1.29, 1.82) is 0 Å². The van der Waals surface area contributed by atoms with E-state index in [2.05, 4.69) is 50.4 Å². The zero-order valence-corrected chi connectivity index (χ0v) is 52.8. The van der Waals surface area contributed by atoms with Crippen LogP contribution in [0.2, 0.25) is 0 Å². The number of carbonyl (C=O) groups is 2. The molecule has 0 radical (unpaired) electrons. The van der Waals surface area contributed by atoms with Gasteiger partial charge in [0.15, 0.2) is 0 Å². The van der Waals surface area contributed by atoms with Gasteiger partial charge in [-0.25, -0.2) is 0 Å². The van der Waals surface area contributed by atoms with Gasteiger partial charge >= 0.3 is 5.97 Å². The van der Waals surface area contributed by atoms with Crippen molar-refractivity contribution in [3.63, 3.8) is 0 Å². The van der Waals surface area contributed by atoms with Crippen LogP contribution in [0.1, 0.15) is 329 Å². The smallest absolute Gasteiger partial charge is 0.306 e. The number of nitrogens with zero attached hydrogens (tertiary/aromatic N) is 1. The normalized spacial score (nSPS) is 13.8. The lowest BCUT2D eigenvalue weighted by molar-refractivity contribution is -0.870. The Labute approximate surface area is 478 Å². The molecule has 3 atom stereocenters. The van der Waals surface area contributed by atoms with Gasteiger partial charge in [-0.3, -0.25) is 14.2 Å². The molecular formula is C67H129N2O7P. The minimum Gasteiger partial charge on any atom is -0.756 e. The Balaban J connectivity index is 5.06. The SMILES string of the molecule is CCCCCCCC/C=C/CCCCCCCCCCCCCCCCCC(=O)NC(COP(=O)([O-])OCC[N+](C)(C)C)C(/C=C\CCCCCCCCCCCC)OC(=O)CCCCC/C=C\CCCCCCCCC. The first-order valence-corrected chi connectivity index (χ1v) is 34.8. The summed E-state index contributed by atoms with van der Waals surface area (Å²) >= 11 is 0. The predicted molar refractivity (Wildman–Crippen MR) is 330 cm³/mol. The largest absolute Gasteiger partial charge is 0.756 e. The molecule has 77 heavy (non-hydrogen) atoms. The number of likely N-dealkylation sites (N-methyl/N-ethyl adjacent to an activating group) is 1. The second kappa shape index (κ2) is 57.5. The summed E-state index contributed by atoms with van der Waals surface area (Å²) in [6, 6.07) is -0.891. The van der Waals surface area contributed by atoms with Crippen LogP contribution in [-0.2, 0) is 27.9 Å². The molecule has 0 heterocycles. The van der Waals surface area contributed by atoms with E-state index in [1.54, 1.807) is 0 Å². The number of hydrogen-bond acceptors (Lipinski definition) is 7. The standard InChI is InChI=1S/C67H129N2O7P/c1-7-10-13-16-19-22-25-28-30-31-32-33-34-35-36-37-38-39-40-41-44-47-50-53-56-59-66(70)68-64(63-75-77(72,73)74-62-61-69(4,5)6)65(58-55-52-49-46-43-27-24-21-18-15-12-9-3)76-67(71)60-57-54-51-48-45-42-29-26-23-20-17-14-11-8-2/h28,30,42,45,55,58,64-65H,7-27,29,31-41,43-44,46-54,56-57,59-63H2,1-6H3,(H-,68,70,72,73)/b30-28+,45-42-,58-55-. The van der Waals surface area contributed by atoms with Crippen molar-refractivity contribution in [2.24, 2.45) is 0 Å². The molecule has 0 aromatic rings. The van der Waals surface area contributed by atoms with E-state index in [0.717, 1.165) is 64.2 Å². The van der Waals surface area contributed by atoms with Crippen molar-refractivity contribution < 1.29 is 37.3 Å². The number of phosphoric acid groups is 1. The summed E-state index contributed by atoms with van der Waals surface area (Å²) in [5, 5.41) is 3.04. The van der Waals surface area contributed by atoms with E-state index < -0.39 is 20.0 Å². The van der Waals surface area contributed by atoms with Crippen molar-refractivity contribution >= 4 is 19.7 Å². The summed E-state index contributed by atoms with van der Waals surface area (Å²) in [5.41, 5.74) is 0. The van der Waals surface area contributed by atoms with Crippen LogP contribution in [0.25, 0.3) is 0 Å². The second-order valence-corrected chi connectivity index (χ2v) is 25.4. The summed E-state index contributed by atoms with van der Waals surface area (Å²) < 4.78 is 30.3.